The van der Waals surface area contributed by atoms with Crippen molar-refractivity contribution in [3.8, 4) is 6.07 Å². The highest BCUT2D eigenvalue weighted by Gasteiger charge is 2.22. The molecule has 0 aromatic heterocycles. The van der Waals surface area contributed by atoms with Crippen molar-refractivity contribution in [3.63, 3.8) is 0 Å². The van der Waals surface area contributed by atoms with Crippen LogP contribution in [0.2, 0.25) is 0 Å². The molecule has 1 aromatic carbocycles. The number of benzene rings is 1. The Bertz CT molecular complexity index is 642. The average molecular weight is 329 g/mol. The predicted molar refractivity (Wildman–Crippen MR) is 92.2 cm³/mol. The molecule has 1 aromatic rings. The van der Waals surface area contributed by atoms with Gasteiger partial charge in [-0.3, -0.25) is 4.79 Å². The fraction of sp³-hybridized carbons (Fsp3) is 0.389. The lowest BCUT2D eigenvalue weighted by Crippen LogP contribution is -2.42. The third kappa shape index (κ3) is 6.13. The number of carboxylic acid groups (broad SMARTS) is 1. The predicted octanol–water partition coefficient (Wildman–Crippen LogP) is 2.68. The average Bonchev–Trinajstić information content (AvgIpc) is 2.54. The van der Waals surface area contributed by atoms with Crippen molar-refractivity contribution in [2.75, 3.05) is 5.32 Å². The van der Waals surface area contributed by atoms with Gasteiger partial charge in [-0.05, 0) is 36.5 Å². The Labute approximate surface area is 142 Å². The van der Waals surface area contributed by atoms with Crippen LogP contribution in [0.1, 0.15) is 32.8 Å². The first-order chi connectivity index (χ1) is 11.4. The van der Waals surface area contributed by atoms with Crippen molar-refractivity contribution in [2.45, 2.75) is 39.7 Å². The zero-order valence-electron chi connectivity index (χ0n) is 14.2. The topological polar surface area (TPSA) is 102 Å². The van der Waals surface area contributed by atoms with Gasteiger partial charge in [0.1, 0.15) is 17.7 Å². The summed E-state index contributed by atoms with van der Waals surface area (Å²) in [6, 6.07) is 8.37. The van der Waals surface area contributed by atoms with Crippen molar-refractivity contribution in [1.29, 1.82) is 5.26 Å². The highest BCUT2D eigenvalue weighted by molar-refractivity contribution is 5.99. The van der Waals surface area contributed by atoms with Crippen molar-refractivity contribution in [1.82, 2.24) is 5.32 Å². The summed E-state index contributed by atoms with van der Waals surface area (Å²) in [6.07, 6.45) is 2.50. The molecule has 0 saturated heterocycles. The Morgan fingerprint density at radius 2 is 1.92 bits per heavy atom. The Kier molecular flexibility index (Phi) is 7.50. The Morgan fingerprint density at radius 3 is 2.38 bits per heavy atom. The van der Waals surface area contributed by atoms with Gasteiger partial charge in [0.2, 0.25) is 0 Å². The smallest absolute Gasteiger partial charge is 0.326 e. The van der Waals surface area contributed by atoms with Crippen LogP contribution in [0.3, 0.4) is 0 Å². The number of carbonyl (C=O) groups is 2. The van der Waals surface area contributed by atoms with E-state index in [9.17, 15) is 9.59 Å². The molecule has 1 unspecified atom stereocenters. The lowest BCUT2D eigenvalue weighted by atomic mass is 10.0. The van der Waals surface area contributed by atoms with Gasteiger partial charge in [0.05, 0.1) is 0 Å². The second kappa shape index (κ2) is 9.36. The third-order valence-corrected chi connectivity index (χ3v) is 3.42. The monoisotopic (exact) mass is 329 g/mol. The SMILES string of the molecule is CCc1ccc(N/C=C(/C#N)C(=O)NC(CC(C)C)C(=O)O)cc1. The summed E-state index contributed by atoms with van der Waals surface area (Å²) >= 11 is 0. The van der Waals surface area contributed by atoms with Crippen LogP contribution >= 0.6 is 0 Å². The molecule has 1 atom stereocenters. The summed E-state index contributed by atoms with van der Waals surface area (Å²) in [5.41, 5.74) is 1.75. The summed E-state index contributed by atoms with van der Waals surface area (Å²) in [4.78, 5) is 23.3. The van der Waals surface area contributed by atoms with E-state index in [-0.39, 0.29) is 11.5 Å². The van der Waals surface area contributed by atoms with Crippen molar-refractivity contribution < 1.29 is 14.7 Å². The lowest BCUT2D eigenvalue weighted by molar-refractivity contribution is -0.141. The molecule has 0 saturated carbocycles. The zero-order chi connectivity index (χ0) is 18.1. The molecule has 0 aliphatic rings. The molecular formula is C18H23N3O3. The first kappa shape index (κ1) is 19.2. The van der Waals surface area contributed by atoms with E-state index in [0.29, 0.717) is 6.42 Å². The molecule has 1 amide bonds. The first-order valence-electron chi connectivity index (χ1n) is 7.86. The van der Waals surface area contributed by atoms with Crippen LogP contribution < -0.4 is 10.6 Å². The van der Waals surface area contributed by atoms with Crippen molar-refractivity contribution in [3.05, 3.63) is 41.6 Å². The highest BCUT2D eigenvalue weighted by Crippen LogP contribution is 2.11. The van der Waals surface area contributed by atoms with Gasteiger partial charge in [0, 0.05) is 11.9 Å². The van der Waals surface area contributed by atoms with Crippen LogP contribution in [0.4, 0.5) is 5.69 Å². The zero-order valence-corrected chi connectivity index (χ0v) is 14.2. The van der Waals surface area contributed by atoms with Gasteiger partial charge in [-0.1, -0.05) is 32.9 Å². The Hall–Kier alpha value is -2.81. The maximum atomic E-state index is 12.1. The maximum Gasteiger partial charge on any atom is 0.326 e. The highest BCUT2D eigenvalue weighted by atomic mass is 16.4. The normalized spacial score (nSPS) is 12.4. The van der Waals surface area contributed by atoms with E-state index in [1.807, 2.05) is 38.1 Å². The number of carboxylic acids is 1. The van der Waals surface area contributed by atoms with Crippen LogP contribution in [-0.4, -0.2) is 23.0 Å². The molecule has 6 nitrogen and oxygen atoms in total. The summed E-state index contributed by atoms with van der Waals surface area (Å²) in [6.45, 7) is 5.78. The number of anilines is 1. The lowest BCUT2D eigenvalue weighted by Gasteiger charge is -2.16. The van der Waals surface area contributed by atoms with Crippen LogP contribution in [0.15, 0.2) is 36.0 Å². The number of rotatable bonds is 8. The number of carbonyl (C=O) groups excluding carboxylic acids is 1. The summed E-state index contributed by atoms with van der Waals surface area (Å²) in [5, 5.41) is 23.5. The standard InChI is InChI=1S/C18H23N3O3/c1-4-13-5-7-15(8-6-13)20-11-14(10-19)17(22)21-16(18(23)24)9-12(2)3/h5-8,11-12,16,20H,4,9H2,1-3H3,(H,21,22)(H,23,24)/b14-11-. The molecule has 0 bridgehead atoms. The maximum absolute atomic E-state index is 12.1. The van der Waals surface area contributed by atoms with E-state index < -0.39 is 17.9 Å². The first-order valence-corrected chi connectivity index (χ1v) is 7.86. The number of nitriles is 1. The van der Waals surface area contributed by atoms with Gasteiger partial charge in [-0.15, -0.1) is 0 Å². The molecule has 0 radical (unpaired) electrons. The van der Waals surface area contributed by atoms with E-state index in [2.05, 4.69) is 17.6 Å². The molecular weight excluding hydrogens is 306 g/mol. The molecule has 24 heavy (non-hydrogen) atoms. The van der Waals surface area contributed by atoms with Gasteiger partial charge in [0.15, 0.2) is 0 Å². The molecule has 0 heterocycles. The number of aryl methyl sites for hydroxylation is 1. The molecule has 0 spiro atoms. The fourth-order valence-electron chi connectivity index (χ4n) is 2.07. The molecule has 0 aliphatic carbocycles. The molecule has 0 aliphatic heterocycles. The van der Waals surface area contributed by atoms with Gasteiger partial charge in [0.25, 0.3) is 5.91 Å². The minimum atomic E-state index is -1.11. The quantitative estimate of drug-likeness (QED) is 0.503. The third-order valence-electron chi connectivity index (χ3n) is 3.42. The number of hydrogen-bond acceptors (Lipinski definition) is 4. The number of hydrogen-bond donors (Lipinski definition) is 3. The van der Waals surface area contributed by atoms with Crippen LogP contribution in [0.5, 0.6) is 0 Å². The van der Waals surface area contributed by atoms with Gasteiger partial charge < -0.3 is 15.7 Å². The van der Waals surface area contributed by atoms with E-state index in [1.165, 1.54) is 11.8 Å². The number of aliphatic carboxylic acids is 1. The minimum absolute atomic E-state index is 0.108. The van der Waals surface area contributed by atoms with Crippen LogP contribution in [-0.2, 0) is 16.0 Å². The fourth-order valence-corrected chi connectivity index (χ4v) is 2.07. The van der Waals surface area contributed by atoms with Gasteiger partial charge in [-0.2, -0.15) is 5.26 Å². The van der Waals surface area contributed by atoms with Crippen LogP contribution in [0, 0.1) is 17.2 Å². The molecule has 1 rings (SSSR count). The summed E-state index contributed by atoms with van der Waals surface area (Å²) in [7, 11) is 0. The van der Waals surface area contributed by atoms with Crippen molar-refractivity contribution in [2.24, 2.45) is 5.92 Å². The second-order valence-corrected chi connectivity index (χ2v) is 5.86. The second-order valence-electron chi connectivity index (χ2n) is 5.86. The van der Waals surface area contributed by atoms with E-state index >= 15 is 0 Å². The summed E-state index contributed by atoms with van der Waals surface area (Å²) in [5.74, 6) is -1.71. The Morgan fingerprint density at radius 1 is 1.29 bits per heavy atom. The number of nitrogens with zero attached hydrogens (tertiary/aromatic N) is 1. The number of nitrogens with one attached hydrogen (secondary N) is 2. The molecule has 128 valence electrons. The van der Waals surface area contributed by atoms with Crippen molar-refractivity contribution >= 4 is 17.6 Å². The molecule has 6 heteroatoms. The van der Waals surface area contributed by atoms with Gasteiger partial charge in [-0.25, -0.2) is 4.79 Å². The largest absolute Gasteiger partial charge is 0.480 e. The van der Waals surface area contributed by atoms with E-state index in [4.69, 9.17) is 10.4 Å². The molecule has 0 fully saturated rings. The Balaban J connectivity index is 2.77. The summed E-state index contributed by atoms with van der Waals surface area (Å²) < 4.78 is 0. The van der Waals surface area contributed by atoms with E-state index in [0.717, 1.165) is 12.1 Å². The van der Waals surface area contributed by atoms with Gasteiger partial charge >= 0.3 is 5.97 Å². The minimum Gasteiger partial charge on any atom is -0.480 e. The van der Waals surface area contributed by atoms with Crippen LogP contribution in [0.25, 0.3) is 0 Å². The van der Waals surface area contributed by atoms with E-state index in [1.54, 1.807) is 6.07 Å². The number of amides is 1. The molecule has 3 N–H and O–H groups in total.